The molecule has 0 saturated carbocycles. The minimum Gasteiger partial charge on any atom is -0.465 e. The van der Waals surface area contributed by atoms with E-state index in [0.29, 0.717) is 12.1 Å². The van der Waals surface area contributed by atoms with Crippen molar-refractivity contribution in [1.29, 1.82) is 0 Å². The number of nitrogens with zero attached hydrogens (tertiary/aromatic N) is 3. The number of fused-ring (bicyclic) bond motifs is 1. The van der Waals surface area contributed by atoms with Gasteiger partial charge in [0.1, 0.15) is 5.69 Å². The molecule has 0 unspecified atom stereocenters. The number of rotatable bonds is 3. The molecule has 1 N–H and O–H groups in total. The van der Waals surface area contributed by atoms with E-state index >= 15 is 0 Å². The zero-order valence-electron chi connectivity index (χ0n) is 11.7. The number of hydrogen-bond acceptors (Lipinski definition) is 3. The quantitative estimate of drug-likeness (QED) is 0.926. The summed E-state index contributed by atoms with van der Waals surface area (Å²) in [7, 11) is 0. The van der Waals surface area contributed by atoms with Crippen LogP contribution in [0.3, 0.4) is 0 Å². The molecule has 5 nitrogen and oxygen atoms in total. The van der Waals surface area contributed by atoms with Crippen molar-refractivity contribution in [2.45, 2.75) is 45.0 Å². The summed E-state index contributed by atoms with van der Waals surface area (Å²) in [6.45, 7) is 5.47. The van der Waals surface area contributed by atoms with Gasteiger partial charge in [0.05, 0.1) is 11.4 Å². The molecule has 0 saturated heterocycles. The smallest absolute Gasteiger partial charge is 0.411 e. The summed E-state index contributed by atoms with van der Waals surface area (Å²) in [6.07, 6.45) is -1.20. The first kappa shape index (κ1) is 14.6. The van der Waals surface area contributed by atoms with Gasteiger partial charge in [0.25, 0.3) is 5.92 Å². The molecule has 0 aliphatic carbocycles. The Morgan fingerprint density at radius 3 is 2.70 bits per heavy atom. The second-order valence-corrected chi connectivity index (χ2v) is 5.67. The lowest BCUT2D eigenvalue weighted by molar-refractivity contribution is -0.0192. The Kier molecular flexibility index (Phi) is 3.39. The van der Waals surface area contributed by atoms with Gasteiger partial charge in [0.2, 0.25) is 0 Å². The second-order valence-electron chi connectivity index (χ2n) is 5.67. The van der Waals surface area contributed by atoms with Crippen molar-refractivity contribution in [3.05, 3.63) is 17.5 Å². The largest absolute Gasteiger partial charge is 0.465 e. The van der Waals surface area contributed by atoms with E-state index in [4.69, 9.17) is 0 Å². The molecule has 0 spiro atoms. The lowest BCUT2D eigenvalue weighted by Gasteiger charge is -2.17. The fourth-order valence-electron chi connectivity index (χ4n) is 2.42. The standard InChI is InChI=1S/C13H17F2N3O2/c1-4-5-13(14,15)9-6-8-10(17-16-9)12(2,3)7-18(8)11(19)20/h6H,4-5,7H2,1-3H3,(H,19,20). The molecule has 0 fully saturated rings. The van der Waals surface area contributed by atoms with Crippen molar-refractivity contribution in [3.8, 4) is 0 Å². The van der Waals surface area contributed by atoms with E-state index in [-0.39, 0.29) is 18.7 Å². The molecule has 1 amide bonds. The van der Waals surface area contributed by atoms with E-state index in [9.17, 15) is 18.7 Å². The molecule has 0 aromatic carbocycles. The van der Waals surface area contributed by atoms with E-state index < -0.39 is 23.1 Å². The van der Waals surface area contributed by atoms with Crippen molar-refractivity contribution in [2.75, 3.05) is 11.4 Å². The molecule has 0 bridgehead atoms. The number of carbonyl (C=O) groups is 1. The van der Waals surface area contributed by atoms with Gasteiger partial charge in [-0.2, -0.15) is 13.9 Å². The number of aromatic nitrogens is 2. The highest BCUT2D eigenvalue weighted by atomic mass is 19.3. The Morgan fingerprint density at radius 1 is 1.50 bits per heavy atom. The molecule has 1 aromatic rings. The van der Waals surface area contributed by atoms with Crippen LogP contribution >= 0.6 is 0 Å². The predicted molar refractivity (Wildman–Crippen MR) is 69.2 cm³/mol. The molecule has 1 aliphatic rings. The fraction of sp³-hybridized carbons (Fsp3) is 0.615. The van der Waals surface area contributed by atoms with Gasteiger partial charge in [-0.3, -0.25) is 4.90 Å². The molecule has 1 aliphatic heterocycles. The van der Waals surface area contributed by atoms with Crippen LogP contribution < -0.4 is 4.90 Å². The first-order chi connectivity index (χ1) is 9.19. The lowest BCUT2D eigenvalue weighted by Crippen LogP contribution is -2.32. The highest BCUT2D eigenvalue weighted by molar-refractivity contribution is 5.89. The van der Waals surface area contributed by atoms with Crippen LogP contribution in [0.4, 0.5) is 19.3 Å². The number of hydrogen-bond donors (Lipinski definition) is 1. The van der Waals surface area contributed by atoms with Crippen LogP contribution in [0.1, 0.15) is 45.0 Å². The Labute approximate surface area is 115 Å². The minimum absolute atomic E-state index is 0.190. The van der Waals surface area contributed by atoms with E-state index in [2.05, 4.69) is 10.2 Å². The SMILES string of the molecule is CCCC(F)(F)c1cc2c(nn1)C(C)(C)CN2C(=O)O. The van der Waals surface area contributed by atoms with Crippen LogP contribution in [0.15, 0.2) is 6.07 Å². The third kappa shape index (κ3) is 2.32. The molecule has 1 aromatic heterocycles. The van der Waals surface area contributed by atoms with E-state index in [0.717, 1.165) is 11.0 Å². The van der Waals surface area contributed by atoms with E-state index in [1.54, 1.807) is 6.92 Å². The molecule has 0 atom stereocenters. The third-order valence-electron chi connectivity index (χ3n) is 3.43. The molecule has 7 heteroatoms. The molecule has 2 heterocycles. The maximum Gasteiger partial charge on any atom is 0.411 e. The van der Waals surface area contributed by atoms with E-state index in [1.807, 2.05) is 13.8 Å². The lowest BCUT2D eigenvalue weighted by atomic mass is 9.91. The maximum atomic E-state index is 13.9. The van der Waals surface area contributed by atoms with Crippen molar-refractivity contribution in [3.63, 3.8) is 0 Å². The maximum absolute atomic E-state index is 13.9. The zero-order valence-corrected chi connectivity index (χ0v) is 11.7. The van der Waals surface area contributed by atoms with Gasteiger partial charge in [0, 0.05) is 18.4 Å². The summed E-state index contributed by atoms with van der Waals surface area (Å²) in [5.74, 6) is -3.09. The number of amides is 1. The van der Waals surface area contributed by atoms with Crippen LogP contribution in [-0.4, -0.2) is 27.9 Å². The summed E-state index contributed by atoms with van der Waals surface area (Å²) in [4.78, 5) is 12.3. The molecule has 2 rings (SSSR count). The summed E-state index contributed by atoms with van der Waals surface area (Å²) < 4.78 is 27.8. The molecular formula is C13H17F2N3O2. The molecule has 0 radical (unpaired) electrons. The Bertz CT molecular complexity index is 546. The van der Waals surface area contributed by atoms with Crippen LogP contribution in [0, 0.1) is 0 Å². The summed E-state index contributed by atoms with van der Waals surface area (Å²) in [5.41, 5.74) is -0.347. The van der Waals surface area contributed by atoms with Gasteiger partial charge >= 0.3 is 6.09 Å². The fourth-order valence-corrected chi connectivity index (χ4v) is 2.42. The summed E-state index contributed by atoms with van der Waals surface area (Å²) in [6, 6.07) is 1.15. The Morgan fingerprint density at radius 2 is 2.15 bits per heavy atom. The summed E-state index contributed by atoms with van der Waals surface area (Å²) >= 11 is 0. The first-order valence-corrected chi connectivity index (χ1v) is 6.46. The van der Waals surface area contributed by atoms with Crippen LogP contribution in [0.25, 0.3) is 0 Å². The van der Waals surface area contributed by atoms with Crippen molar-refractivity contribution < 1.29 is 18.7 Å². The van der Waals surface area contributed by atoms with Crippen molar-refractivity contribution in [1.82, 2.24) is 10.2 Å². The van der Waals surface area contributed by atoms with Crippen molar-refractivity contribution in [2.24, 2.45) is 0 Å². The van der Waals surface area contributed by atoms with Crippen molar-refractivity contribution >= 4 is 11.8 Å². The summed E-state index contributed by atoms with van der Waals surface area (Å²) in [5, 5.41) is 16.6. The second kappa shape index (κ2) is 4.64. The number of halogens is 2. The van der Waals surface area contributed by atoms with Gasteiger partial charge < -0.3 is 5.11 Å². The van der Waals surface area contributed by atoms with Gasteiger partial charge in [-0.25, -0.2) is 4.79 Å². The van der Waals surface area contributed by atoms with Crippen LogP contribution in [-0.2, 0) is 11.3 Å². The Balaban J connectivity index is 2.50. The normalized spacial score (nSPS) is 17.1. The number of alkyl halides is 2. The number of carboxylic acid groups (broad SMARTS) is 1. The minimum atomic E-state index is -3.09. The highest BCUT2D eigenvalue weighted by Crippen LogP contribution is 2.41. The van der Waals surface area contributed by atoms with E-state index in [1.165, 1.54) is 0 Å². The van der Waals surface area contributed by atoms with Gasteiger partial charge in [-0.1, -0.05) is 27.2 Å². The van der Waals surface area contributed by atoms with Gasteiger partial charge in [0.15, 0.2) is 0 Å². The van der Waals surface area contributed by atoms with Gasteiger partial charge in [-0.15, -0.1) is 5.10 Å². The monoisotopic (exact) mass is 285 g/mol. The molecular weight excluding hydrogens is 268 g/mol. The topological polar surface area (TPSA) is 66.3 Å². The Hall–Kier alpha value is -1.79. The first-order valence-electron chi connectivity index (χ1n) is 6.46. The molecule has 20 heavy (non-hydrogen) atoms. The third-order valence-corrected chi connectivity index (χ3v) is 3.43. The highest BCUT2D eigenvalue weighted by Gasteiger charge is 2.42. The predicted octanol–water partition coefficient (Wildman–Crippen LogP) is 3.14. The van der Waals surface area contributed by atoms with Crippen LogP contribution in [0.2, 0.25) is 0 Å². The zero-order chi connectivity index (χ0) is 15.1. The van der Waals surface area contributed by atoms with Gasteiger partial charge in [-0.05, 0) is 6.07 Å². The average molecular weight is 285 g/mol. The molecule has 110 valence electrons. The average Bonchev–Trinajstić information content (AvgIpc) is 2.61. The van der Waals surface area contributed by atoms with Crippen LogP contribution in [0.5, 0.6) is 0 Å². The number of anilines is 1.